The number of aryl methyl sites for hydroxylation is 1. The Kier molecular flexibility index (Phi) is 9.31. The fourth-order valence-electron chi connectivity index (χ4n) is 5.44. The van der Waals surface area contributed by atoms with Crippen LogP contribution in [0.2, 0.25) is 0 Å². The summed E-state index contributed by atoms with van der Waals surface area (Å²) in [5, 5.41) is 11.1. The van der Waals surface area contributed by atoms with Crippen molar-refractivity contribution in [3.8, 4) is 5.75 Å². The predicted molar refractivity (Wildman–Crippen MR) is 156 cm³/mol. The number of carboxylic acids is 1. The quantitative estimate of drug-likeness (QED) is 0.138. The number of hydrazine groups is 1. The molecule has 0 aliphatic carbocycles. The number of fused-ring (bicyclic) bond motifs is 1. The van der Waals surface area contributed by atoms with Crippen LogP contribution in [0.15, 0.2) is 53.4 Å². The van der Waals surface area contributed by atoms with Gasteiger partial charge in [-0.2, -0.15) is 13.2 Å². The van der Waals surface area contributed by atoms with Gasteiger partial charge in [0.1, 0.15) is 11.4 Å². The van der Waals surface area contributed by atoms with E-state index in [1.807, 2.05) is 32.0 Å². The molecule has 0 amide bonds. The van der Waals surface area contributed by atoms with Gasteiger partial charge in [-0.3, -0.25) is 4.79 Å². The summed E-state index contributed by atoms with van der Waals surface area (Å²) in [5.74, 6) is 4.75. The Morgan fingerprint density at radius 3 is 2.55 bits per heavy atom. The molecule has 3 aromatic carbocycles. The summed E-state index contributed by atoms with van der Waals surface area (Å²) < 4.78 is 61.3. The van der Waals surface area contributed by atoms with Crippen LogP contribution in [-0.2, 0) is 35.3 Å². The molecule has 4 rings (SSSR count). The SMILES string of the molecule is COc1cc(C(CC(=O)O)c2ccc(C)c(CN3C[C@@H](C)Cc4ccc(C(F)(F)F)cc4[S+]3[O-])c2)cc(N)c1N(C)N. The van der Waals surface area contributed by atoms with Crippen LogP contribution in [0.3, 0.4) is 0 Å². The second kappa shape index (κ2) is 12.4. The zero-order chi connectivity index (χ0) is 30.9. The molecule has 12 heteroatoms. The Morgan fingerprint density at radius 1 is 1.21 bits per heavy atom. The molecule has 0 aromatic heterocycles. The predicted octanol–water partition coefficient (Wildman–Crippen LogP) is 5.24. The first-order valence-corrected chi connectivity index (χ1v) is 14.4. The molecule has 0 spiro atoms. The van der Waals surface area contributed by atoms with Crippen molar-refractivity contribution in [1.82, 2.24) is 4.31 Å². The molecule has 0 saturated heterocycles. The summed E-state index contributed by atoms with van der Waals surface area (Å²) in [6.45, 7) is 4.47. The van der Waals surface area contributed by atoms with Crippen LogP contribution < -0.4 is 21.3 Å². The molecule has 1 aliphatic heterocycles. The van der Waals surface area contributed by atoms with Crippen molar-refractivity contribution in [2.75, 3.05) is 31.4 Å². The third-order valence-electron chi connectivity index (χ3n) is 7.50. The van der Waals surface area contributed by atoms with Crippen LogP contribution in [-0.4, -0.2) is 40.6 Å². The minimum atomic E-state index is -4.55. The van der Waals surface area contributed by atoms with E-state index in [2.05, 4.69) is 0 Å². The van der Waals surface area contributed by atoms with Crippen LogP contribution >= 0.6 is 0 Å². The fourth-order valence-corrected chi connectivity index (χ4v) is 6.96. The third-order valence-corrected chi connectivity index (χ3v) is 9.01. The van der Waals surface area contributed by atoms with Gasteiger partial charge in [0.25, 0.3) is 0 Å². The number of nitrogens with zero attached hydrogens (tertiary/aromatic N) is 2. The number of nitrogen functional groups attached to an aromatic ring is 1. The lowest BCUT2D eigenvalue weighted by molar-refractivity contribution is -0.138. The van der Waals surface area contributed by atoms with Crippen molar-refractivity contribution in [3.05, 3.63) is 81.9 Å². The van der Waals surface area contributed by atoms with E-state index in [1.54, 1.807) is 23.5 Å². The molecule has 3 aromatic rings. The Morgan fingerprint density at radius 2 is 1.93 bits per heavy atom. The largest absolute Gasteiger partial charge is 0.593 e. The summed E-state index contributed by atoms with van der Waals surface area (Å²) in [6, 6.07) is 12.4. The second-order valence-electron chi connectivity index (χ2n) is 10.8. The highest BCUT2D eigenvalue weighted by Crippen LogP contribution is 2.40. The molecule has 5 N–H and O–H groups in total. The third kappa shape index (κ3) is 6.78. The van der Waals surface area contributed by atoms with Gasteiger partial charge in [0.05, 0.1) is 42.7 Å². The topological polar surface area (TPSA) is 128 Å². The summed E-state index contributed by atoms with van der Waals surface area (Å²) in [4.78, 5) is 12.1. The lowest BCUT2D eigenvalue weighted by Gasteiger charge is -2.26. The van der Waals surface area contributed by atoms with E-state index < -0.39 is 35.0 Å². The van der Waals surface area contributed by atoms with Gasteiger partial charge in [-0.15, -0.1) is 4.31 Å². The minimum absolute atomic E-state index is 0.0461. The Hall–Kier alpha value is -3.45. The van der Waals surface area contributed by atoms with E-state index in [-0.39, 0.29) is 23.8 Å². The number of alkyl halides is 3. The van der Waals surface area contributed by atoms with E-state index in [1.165, 1.54) is 18.2 Å². The standard InChI is InChI=1S/C30H35F3N4O4S/c1-17-9-20-7-8-23(30(31,32)33)13-27(20)42(40)37(15-17)16-22-10-19(6-5-18(22)2)24(14-28(38)39)21-11-25(34)29(36(3)35)26(12-21)41-4/h5-8,10-13,17,24H,9,14-16,34-35H2,1-4H3,(H,38,39)/t17-,24?,42?/m0/s1. The van der Waals surface area contributed by atoms with Gasteiger partial charge >= 0.3 is 12.1 Å². The number of methoxy groups -OCH3 is 1. The highest BCUT2D eigenvalue weighted by Gasteiger charge is 2.37. The summed E-state index contributed by atoms with van der Waals surface area (Å²) >= 11 is -1.83. The second-order valence-corrected chi connectivity index (χ2v) is 12.3. The molecule has 1 heterocycles. The maximum absolute atomic E-state index is 13.7. The van der Waals surface area contributed by atoms with E-state index in [0.717, 1.165) is 23.3 Å². The summed E-state index contributed by atoms with van der Waals surface area (Å²) in [5.41, 5.74) is 9.86. The van der Waals surface area contributed by atoms with Gasteiger partial charge in [-0.05, 0) is 59.7 Å². The smallest absolute Gasteiger partial charge is 0.416 e. The number of ether oxygens (including phenoxy) is 1. The average molecular weight is 605 g/mol. The molecule has 8 nitrogen and oxygen atoms in total. The van der Waals surface area contributed by atoms with Crippen LogP contribution in [0.5, 0.6) is 5.75 Å². The molecule has 2 unspecified atom stereocenters. The highest BCUT2D eigenvalue weighted by atomic mass is 32.2. The lowest BCUT2D eigenvalue weighted by Crippen LogP contribution is -2.33. The molecule has 3 atom stereocenters. The maximum Gasteiger partial charge on any atom is 0.416 e. The van der Waals surface area contributed by atoms with Gasteiger partial charge in [0.15, 0.2) is 4.90 Å². The van der Waals surface area contributed by atoms with Crippen molar-refractivity contribution in [3.63, 3.8) is 0 Å². The minimum Gasteiger partial charge on any atom is -0.593 e. The summed E-state index contributed by atoms with van der Waals surface area (Å²) in [6.07, 6.45) is -4.27. The van der Waals surface area contributed by atoms with Crippen LogP contribution in [0.25, 0.3) is 0 Å². The van der Waals surface area contributed by atoms with Gasteiger partial charge < -0.3 is 25.1 Å². The maximum atomic E-state index is 13.7. The number of rotatable bonds is 8. The van der Waals surface area contributed by atoms with Gasteiger partial charge in [0, 0.05) is 31.1 Å². The van der Waals surface area contributed by atoms with Crippen molar-refractivity contribution >= 4 is 28.7 Å². The van der Waals surface area contributed by atoms with Gasteiger partial charge in [0.2, 0.25) is 0 Å². The van der Waals surface area contributed by atoms with Crippen LogP contribution in [0.1, 0.15) is 52.6 Å². The molecule has 42 heavy (non-hydrogen) atoms. The molecule has 0 saturated carbocycles. The van der Waals surface area contributed by atoms with Crippen LogP contribution in [0, 0.1) is 12.8 Å². The van der Waals surface area contributed by atoms with Crippen molar-refractivity contribution < 1.29 is 32.4 Å². The van der Waals surface area contributed by atoms with Crippen LogP contribution in [0.4, 0.5) is 24.5 Å². The van der Waals surface area contributed by atoms with Crippen molar-refractivity contribution in [2.24, 2.45) is 11.8 Å². The zero-order valence-corrected chi connectivity index (χ0v) is 24.7. The average Bonchev–Trinajstić information content (AvgIpc) is 3.02. The molecule has 0 radical (unpaired) electrons. The Labute approximate surface area is 246 Å². The number of halogens is 3. The molecule has 1 aliphatic rings. The van der Waals surface area contributed by atoms with E-state index in [4.69, 9.17) is 16.3 Å². The van der Waals surface area contributed by atoms with Crippen molar-refractivity contribution in [1.29, 1.82) is 0 Å². The number of benzene rings is 3. The normalized spacial score (nSPS) is 18.2. The van der Waals surface area contributed by atoms with E-state index >= 15 is 0 Å². The number of carboxylic acid groups (broad SMARTS) is 1. The monoisotopic (exact) mass is 604 g/mol. The number of hydrogen-bond acceptors (Lipinski definition) is 7. The van der Waals surface area contributed by atoms with Gasteiger partial charge in [-0.25, -0.2) is 5.84 Å². The van der Waals surface area contributed by atoms with Gasteiger partial charge in [-0.1, -0.05) is 31.2 Å². The summed E-state index contributed by atoms with van der Waals surface area (Å²) in [7, 11) is 3.09. The first-order chi connectivity index (χ1) is 19.7. The molecule has 226 valence electrons. The molecule has 0 fully saturated rings. The van der Waals surface area contributed by atoms with E-state index in [0.29, 0.717) is 46.8 Å². The van der Waals surface area contributed by atoms with Crippen molar-refractivity contribution in [2.45, 2.75) is 50.2 Å². The molecular weight excluding hydrogens is 569 g/mol. The number of carbonyl (C=O) groups is 1. The number of aliphatic carboxylic acids is 1. The first kappa shape index (κ1) is 31.5. The first-order valence-electron chi connectivity index (χ1n) is 13.3. The van der Waals surface area contributed by atoms with E-state index in [9.17, 15) is 27.6 Å². The zero-order valence-electron chi connectivity index (χ0n) is 23.9. The molecular formula is C30H35F3N4O4S. The Balaban J connectivity index is 1.73. The number of anilines is 2. The number of nitrogens with two attached hydrogens (primary N) is 2. The lowest BCUT2D eigenvalue weighted by atomic mass is 9.86. The number of hydrogen-bond donors (Lipinski definition) is 3. The Bertz CT molecular complexity index is 1470. The fraction of sp³-hybridized carbons (Fsp3) is 0.367. The highest BCUT2D eigenvalue weighted by molar-refractivity contribution is 7.89. The molecule has 0 bridgehead atoms.